The lowest BCUT2D eigenvalue weighted by atomic mass is 9.88. The molecular weight excluding hydrogens is 280 g/mol. The minimum absolute atomic E-state index is 0.238. The molecule has 1 amide bonds. The van der Waals surface area contributed by atoms with Crippen LogP contribution in [0.25, 0.3) is 0 Å². The normalized spacial score (nSPS) is 19.6. The molecule has 1 aliphatic heterocycles. The maximum absolute atomic E-state index is 12.3. The molecule has 112 valence electrons. The van der Waals surface area contributed by atoms with E-state index in [1.165, 1.54) is 6.20 Å². The molecule has 0 saturated heterocycles. The first-order chi connectivity index (χ1) is 10.5. The van der Waals surface area contributed by atoms with Gasteiger partial charge >= 0.3 is 0 Å². The number of hydrogen-bond acceptors (Lipinski definition) is 4. The summed E-state index contributed by atoms with van der Waals surface area (Å²) in [4.78, 5) is 28.4. The van der Waals surface area contributed by atoms with E-state index in [0.29, 0.717) is 11.3 Å². The van der Waals surface area contributed by atoms with Crippen LogP contribution in [0.5, 0.6) is 0 Å². The summed E-state index contributed by atoms with van der Waals surface area (Å²) in [7, 11) is 0. The number of nitrogens with zero attached hydrogens (tertiary/aromatic N) is 1. The molecule has 0 unspecified atom stereocenters. The number of fused-ring (bicyclic) bond motifs is 1. The number of nitrogens with one attached hydrogen (secondary N) is 1. The molecular formula is C17H16N2O3. The highest BCUT2D eigenvalue weighted by Crippen LogP contribution is 2.39. The highest BCUT2D eigenvalue weighted by atomic mass is 16.3. The molecule has 0 saturated carbocycles. The number of benzene rings is 1. The molecule has 2 N–H and O–H groups in total. The molecule has 5 heteroatoms. The molecule has 0 fully saturated rings. The predicted molar refractivity (Wildman–Crippen MR) is 81.5 cm³/mol. The zero-order chi connectivity index (χ0) is 15.7. The van der Waals surface area contributed by atoms with Crippen molar-refractivity contribution >= 4 is 17.4 Å². The Morgan fingerprint density at radius 3 is 2.82 bits per heavy atom. The predicted octanol–water partition coefficient (Wildman–Crippen LogP) is 2.06. The average molecular weight is 296 g/mol. The molecule has 22 heavy (non-hydrogen) atoms. The Morgan fingerprint density at radius 1 is 1.32 bits per heavy atom. The molecule has 0 radical (unpaired) electrons. The summed E-state index contributed by atoms with van der Waals surface area (Å²) in [6.07, 6.45) is 2.01. The van der Waals surface area contributed by atoms with E-state index in [4.69, 9.17) is 0 Å². The summed E-state index contributed by atoms with van der Waals surface area (Å²) >= 11 is 0. The number of carbonyl (C=O) groups is 2. The third-order valence-corrected chi connectivity index (χ3v) is 3.93. The monoisotopic (exact) mass is 296 g/mol. The van der Waals surface area contributed by atoms with Gasteiger partial charge in [0.05, 0.1) is 6.42 Å². The maximum Gasteiger partial charge on any atom is 0.261 e. The Kier molecular flexibility index (Phi) is 3.50. The molecule has 0 bridgehead atoms. The molecule has 2 aromatic rings. The summed E-state index contributed by atoms with van der Waals surface area (Å²) in [6.45, 7) is 2.01. The number of ketones is 1. The fraction of sp³-hybridized carbons (Fsp3) is 0.235. The van der Waals surface area contributed by atoms with Gasteiger partial charge in [0.2, 0.25) is 0 Å². The number of anilines is 1. The van der Waals surface area contributed by atoms with E-state index >= 15 is 0 Å². The van der Waals surface area contributed by atoms with Crippen molar-refractivity contribution in [3.8, 4) is 0 Å². The third kappa shape index (κ3) is 2.29. The Hall–Kier alpha value is -2.53. The van der Waals surface area contributed by atoms with Crippen molar-refractivity contribution in [2.75, 3.05) is 5.32 Å². The van der Waals surface area contributed by atoms with Crippen LogP contribution in [-0.2, 0) is 16.8 Å². The minimum atomic E-state index is -1.84. The quantitative estimate of drug-likeness (QED) is 0.846. The lowest BCUT2D eigenvalue weighted by Gasteiger charge is -2.19. The van der Waals surface area contributed by atoms with Gasteiger partial charge in [-0.25, -0.2) is 0 Å². The number of pyridine rings is 1. The Morgan fingerprint density at radius 2 is 2.14 bits per heavy atom. The SMILES string of the molecule is CCc1ccc2c(c1)NC(=O)[C@@]2(O)CC(=O)c1ccccn1. The number of aliphatic hydroxyl groups is 1. The van der Waals surface area contributed by atoms with Crippen molar-refractivity contribution in [2.24, 2.45) is 0 Å². The van der Waals surface area contributed by atoms with Gasteiger partial charge < -0.3 is 10.4 Å². The van der Waals surface area contributed by atoms with Gasteiger partial charge in [0.1, 0.15) is 5.69 Å². The van der Waals surface area contributed by atoms with Gasteiger partial charge in [-0.3, -0.25) is 14.6 Å². The molecule has 2 heterocycles. The first-order valence-electron chi connectivity index (χ1n) is 7.16. The van der Waals surface area contributed by atoms with Crippen molar-refractivity contribution in [2.45, 2.75) is 25.4 Å². The highest BCUT2D eigenvalue weighted by molar-refractivity contribution is 6.09. The first kappa shape index (κ1) is 14.4. The van der Waals surface area contributed by atoms with Gasteiger partial charge in [0.15, 0.2) is 11.4 Å². The van der Waals surface area contributed by atoms with Crippen LogP contribution in [-0.4, -0.2) is 21.8 Å². The highest BCUT2D eigenvalue weighted by Gasteiger charge is 2.46. The van der Waals surface area contributed by atoms with E-state index in [1.807, 2.05) is 19.1 Å². The number of aryl methyl sites for hydroxylation is 1. The van der Waals surface area contributed by atoms with E-state index in [0.717, 1.165) is 12.0 Å². The fourth-order valence-electron chi connectivity index (χ4n) is 2.65. The van der Waals surface area contributed by atoms with Gasteiger partial charge in [0.25, 0.3) is 5.91 Å². The molecule has 1 aromatic heterocycles. The van der Waals surface area contributed by atoms with Crippen LogP contribution in [0.1, 0.15) is 35.0 Å². The van der Waals surface area contributed by atoms with Crippen LogP contribution in [0.15, 0.2) is 42.6 Å². The summed E-state index contributed by atoms with van der Waals surface area (Å²) in [5.74, 6) is -0.939. The van der Waals surface area contributed by atoms with Crippen LogP contribution in [0.4, 0.5) is 5.69 Å². The molecule has 1 atom stereocenters. The molecule has 1 aliphatic rings. The lowest BCUT2D eigenvalue weighted by Crippen LogP contribution is -2.36. The first-order valence-corrected chi connectivity index (χ1v) is 7.16. The summed E-state index contributed by atoms with van der Waals surface area (Å²) in [5, 5.41) is 13.4. The van der Waals surface area contributed by atoms with E-state index in [-0.39, 0.29) is 17.9 Å². The summed E-state index contributed by atoms with van der Waals surface area (Å²) in [6, 6.07) is 10.4. The number of amides is 1. The number of hydrogen-bond donors (Lipinski definition) is 2. The van der Waals surface area contributed by atoms with Crippen LogP contribution in [0, 0.1) is 0 Å². The van der Waals surface area contributed by atoms with Gasteiger partial charge in [0, 0.05) is 17.4 Å². The second kappa shape index (κ2) is 5.35. The second-order valence-electron chi connectivity index (χ2n) is 5.36. The van der Waals surface area contributed by atoms with Crippen molar-refractivity contribution in [3.63, 3.8) is 0 Å². The van der Waals surface area contributed by atoms with Gasteiger partial charge in [-0.05, 0) is 30.2 Å². The Bertz CT molecular complexity index is 743. The van der Waals surface area contributed by atoms with Crippen molar-refractivity contribution in [1.82, 2.24) is 4.98 Å². The van der Waals surface area contributed by atoms with Gasteiger partial charge in [-0.1, -0.05) is 25.1 Å². The van der Waals surface area contributed by atoms with Crippen molar-refractivity contribution in [1.29, 1.82) is 0 Å². The molecule has 5 nitrogen and oxygen atoms in total. The largest absolute Gasteiger partial charge is 0.375 e. The number of Topliss-reactive ketones (excluding diaryl/α,β-unsaturated/α-hetero) is 1. The van der Waals surface area contributed by atoms with Gasteiger partial charge in [-0.15, -0.1) is 0 Å². The summed E-state index contributed by atoms with van der Waals surface area (Å²) in [5.41, 5.74) is 0.470. The smallest absolute Gasteiger partial charge is 0.261 e. The van der Waals surface area contributed by atoms with Crippen molar-refractivity contribution in [3.05, 3.63) is 59.4 Å². The number of rotatable bonds is 4. The summed E-state index contributed by atoms with van der Waals surface area (Å²) < 4.78 is 0. The van der Waals surface area contributed by atoms with E-state index in [9.17, 15) is 14.7 Å². The van der Waals surface area contributed by atoms with E-state index in [1.54, 1.807) is 24.3 Å². The topological polar surface area (TPSA) is 79.3 Å². The average Bonchev–Trinajstić information content (AvgIpc) is 2.78. The van der Waals surface area contributed by atoms with E-state index in [2.05, 4.69) is 10.3 Å². The molecule has 1 aromatic carbocycles. The van der Waals surface area contributed by atoms with Crippen LogP contribution in [0.3, 0.4) is 0 Å². The molecule has 3 rings (SSSR count). The zero-order valence-electron chi connectivity index (χ0n) is 12.2. The second-order valence-corrected chi connectivity index (χ2v) is 5.36. The van der Waals surface area contributed by atoms with Crippen LogP contribution < -0.4 is 5.32 Å². The van der Waals surface area contributed by atoms with Crippen LogP contribution >= 0.6 is 0 Å². The lowest BCUT2D eigenvalue weighted by molar-refractivity contribution is -0.133. The van der Waals surface area contributed by atoms with Crippen molar-refractivity contribution < 1.29 is 14.7 Å². The maximum atomic E-state index is 12.3. The molecule has 0 spiro atoms. The van der Waals surface area contributed by atoms with E-state index < -0.39 is 11.5 Å². The number of carbonyl (C=O) groups excluding carboxylic acids is 2. The van der Waals surface area contributed by atoms with Gasteiger partial charge in [-0.2, -0.15) is 0 Å². The Balaban J connectivity index is 1.94. The molecule has 0 aliphatic carbocycles. The zero-order valence-corrected chi connectivity index (χ0v) is 12.2. The Labute approximate surface area is 128 Å². The fourth-order valence-corrected chi connectivity index (χ4v) is 2.65. The van der Waals surface area contributed by atoms with Crippen LogP contribution in [0.2, 0.25) is 0 Å². The minimum Gasteiger partial charge on any atom is -0.375 e. The standard InChI is InChI=1S/C17H16N2O3/c1-2-11-6-7-12-14(9-11)19-16(21)17(12,22)10-15(20)13-5-3-4-8-18-13/h3-9,22H,2,10H2,1H3,(H,19,21)/t17-/m1/s1. The third-order valence-electron chi connectivity index (χ3n) is 3.93. The number of aromatic nitrogens is 1.